The first-order chi connectivity index (χ1) is 6.09. The summed E-state index contributed by atoms with van der Waals surface area (Å²) in [4.78, 5) is 3.81. The maximum absolute atomic E-state index is 13.1. The summed E-state index contributed by atoms with van der Waals surface area (Å²) in [6.07, 6.45) is 1.51. The van der Waals surface area contributed by atoms with E-state index in [1.54, 1.807) is 0 Å². The van der Waals surface area contributed by atoms with Crippen molar-refractivity contribution in [3.63, 3.8) is 0 Å². The minimum absolute atomic E-state index is 0.0666. The molecule has 1 heterocycles. The first kappa shape index (κ1) is 10.4. The number of pyridine rings is 1. The molecular formula is C9H11BrFNO. The van der Waals surface area contributed by atoms with Crippen molar-refractivity contribution >= 4 is 15.9 Å². The van der Waals surface area contributed by atoms with E-state index in [2.05, 4.69) is 20.9 Å². The Bertz CT molecular complexity index is 291. The van der Waals surface area contributed by atoms with Crippen LogP contribution in [0.5, 0.6) is 5.88 Å². The fourth-order valence-electron chi connectivity index (χ4n) is 0.754. The van der Waals surface area contributed by atoms with Gasteiger partial charge in [-0.2, -0.15) is 0 Å². The average Bonchev–Trinajstić information content (AvgIpc) is 2.02. The second-order valence-corrected chi connectivity index (χ2v) is 4.06. The van der Waals surface area contributed by atoms with E-state index in [0.717, 1.165) is 0 Å². The van der Waals surface area contributed by atoms with E-state index in [1.165, 1.54) is 12.3 Å². The molecule has 13 heavy (non-hydrogen) atoms. The van der Waals surface area contributed by atoms with Crippen molar-refractivity contribution in [2.75, 3.05) is 6.61 Å². The molecule has 0 bridgehead atoms. The molecule has 1 aromatic rings. The monoisotopic (exact) mass is 247 g/mol. The summed E-state index contributed by atoms with van der Waals surface area (Å²) in [5.74, 6) is -0.00299. The lowest BCUT2D eigenvalue weighted by atomic mass is 10.2. The van der Waals surface area contributed by atoms with Crippen LogP contribution >= 0.6 is 15.9 Å². The molecule has 0 radical (unpaired) electrons. The maximum Gasteiger partial charge on any atom is 0.250 e. The third-order valence-corrected chi connectivity index (χ3v) is 1.76. The van der Waals surface area contributed by atoms with Crippen LogP contribution in [0.3, 0.4) is 0 Å². The molecule has 2 nitrogen and oxygen atoms in total. The Morgan fingerprint density at radius 2 is 2.31 bits per heavy atom. The van der Waals surface area contributed by atoms with Gasteiger partial charge in [-0.25, -0.2) is 9.37 Å². The Morgan fingerprint density at radius 3 is 2.85 bits per heavy atom. The quantitative estimate of drug-likeness (QED) is 0.820. The number of hydrogen-bond donors (Lipinski definition) is 0. The molecule has 0 aliphatic carbocycles. The second kappa shape index (κ2) is 4.56. The summed E-state index contributed by atoms with van der Waals surface area (Å²) in [6.45, 7) is 4.47. The molecule has 1 rings (SSSR count). The van der Waals surface area contributed by atoms with Crippen LogP contribution in [0.1, 0.15) is 13.8 Å². The molecule has 0 atom stereocenters. The number of rotatable bonds is 3. The zero-order chi connectivity index (χ0) is 9.84. The number of hydrogen-bond acceptors (Lipinski definition) is 2. The van der Waals surface area contributed by atoms with Gasteiger partial charge in [-0.05, 0) is 27.9 Å². The standard InChI is InChI=1S/C9H11BrFNO/c1-6(2)5-13-9-8(11)3-7(10)4-12-9/h3-4,6H,5H2,1-2H3. The van der Waals surface area contributed by atoms with Crippen LogP contribution in [0.2, 0.25) is 0 Å². The van der Waals surface area contributed by atoms with Gasteiger partial charge in [0.25, 0.3) is 0 Å². The molecular weight excluding hydrogens is 237 g/mol. The molecule has 0 aliphatic rings. The summed E-state index contributed by atoms with van der Waals surface area (Å²) in [5.41, 5.74) is 0. The molecule has 0 aliphatic heterocycles. The Labute approximate surface area is 85.3 Å². The van der Waals surface area contributed by atoms with E-state index in [-0.39, 0.29) is 5.88 Å². The highest BCUT2D eigenvalue weighted by molar-refractivity contribution is 9.10. The van der Waals surface area contributed by atoms with Crippen LogP contribution in [-0.4, -0.2) is 11.6 Å². The molecule has 4 heteroatoms. The van der Waals surface area contributed by atoms with Crippen LogP contribution in [0, 0.1) is 11.7 Å². The summed E-state index contributed by atoms with van der Waals surface area (Å²) in [5, 5.41) is 0. The van der Waals surface area contributed by atoms with Crippen molar-refractivity contribution in [2.24, 2.45) is 5.92 Å². The Morgan fingerprint density at radius 1 is 1.62 bits per heavy atom. The van der Waals surface area contributed by atoms with E-state index in [4.69, 9.17) is 4.74 Å². The number of nitrogens with zero attached hydrogens (tertiary/aromatic N) is 1. The zero-order valence-corrected chi connectivity index (χ0v) is 9.14. The SMILES string of the molecule is CC(C)COc1ncc(Br)cc1F. The van der Waals surface area contributed by atoms with Gasteiger partial charge >= 0.3 is 0 Å². The Hall–Kier alpha value is -0.640. The molecule has 0 unspecified atom stereocenters. The van der Waals surface area contributed by atoms with Gasteiger partial charge in [0.2, 0.25) is 5.88 Å². The smallest absolute Gasteiger partial charge is 0.250 e. The maximum atomic E-state index is 13.1. The van der Waals surface area contributed by atoms with Gasteiger partial charge in [-0.3, -0.25) is 0 Å². The van der Waals surface area contributed by atoms with Crippen LogP contribution in [0.25, 0.3) is 0 Å². The van der Waals surface area contributed by atoms with Gasteiger partial charge < -0.3 is 4.74 Å². The highest BCUT2D eigenvalue weighted by atomic mass is 79.9. The molecule has 0 amide bonds. The summed E-state index contributed by atoms with van der Waals surface area (Å²) in [7, 11) is 0. The fraction of sp³-hybridized carbons (Fsp3) is 0.444. The van der Waals surface area contributed by atoms with E-state index >= 15 is 0 Å². The zero-order valence-electron chi connectivity index (χ0n) is 7.55. The van der Waals surface area contributed by atoms with Gasteiger partial charge in [0.05, 0.1) is 6.61 Å². The van der Waals surface area contributed by atoms with Crippen molar-refractivity contribution in [1.82, 2.24) is 4.98 Å². The molecule has 0 fully saturated rings. The Balaban J connectivity index is 2.67. The third kappa shape index (κ3) is 3.30. The lowest BCUT2D eigenvalue weighted by Crippen LogP contribution is -2.06. The molecule has 0 saturated carbocycles. The van der Waals surface area contributed by atoms with Crippen molar-refractivity contribution in [3.05, 3.63) is 22.6 Å². The van der Waals surface area contributed by atoms with Gasteiger partial charge in [0.1, 0.15) is 0 Å². The Kier molecular flexibility index (Phi) is 3.66. The van der Waals surface area contributed by atoms with Crippen LogP contribution in [-0.2, 0) is 0 Å². The van der Waals surface area contributed by atoms with Crippen LogP contribution in [0.15, 0.2) is 16.7 Å². The minimum atomic E-state index is -0.435. The third-order valence-electron chi connectivity index (χ3n) is 1.33. The molecule has 0 N–H and O–H groups in total. The summed E-state index contributed by atoms with van der Waals surface area (Å²) in [6, 6.07) is 1.34. The second-order valence-electron chi connectivity index (χ2n) is 3.15. The largest absolute Gasteiger partial charge is 0.475 e. The van der Waals surface area contributed by atoms with Crippen molar-refractivity contribution in [2.45, 2.75) is 13.8 Å². The highest BCUT2D eigenvalue weighted by Gasteiger charge is 2.05. The lowest BCUT2D eigenvalue weighted by Gasteiger charge is -2.07. The predicted octanol–water partition coefficient (Wildman–Crippen LogP) is 3.02. The van der Waals surface area contributed by atoms with Crippen molar-refractivity contribution < 1.29 is 9.13 Å². The van der Waals surface area contributed by atoms with E-state index in [0.29, 0.717) is 17.0 Å². The first-order valence-corrected chi connectivity index (χ1v) is 4.82. The molecule has 1 aromatic heterocycles. The van der Waals surface area contributed by atoms with Crippen LogP contribution < -0.4 is 4.74 Å². The summed E-state index contributed by atoms with van der Waals surface area (Å²) >= 11 is 3.12. The van der Waals surface area contributed by atoms with Crippen LogP contribution in [0.4, 0.5) is 4.39 Å². The number of aromatic nitrogens is 1. The van der Waals surface area contributed by atoms with E-state index in [9.17, 15) is 4.39 Å². The summed E-state index contributed by atoms with van der Waals surface area (Å²) < 4.78 is 18.8. The number of ether oxygens (including phenoxy) is 1. The molecule has 0 saturated heterocycles. The van der Waals surface area contributed by atoms with Crippen molar-refractivity contribution in [1.29, 1.82) is 0 Å². The van der Waals surface area contributed by atoms with Gasteiger partial charge in [-0.1, -0.05) is 13.8 Å². The predicted molar refractivity (Wildman–Crippen MR) is 52.2 cm³/mol. The van der Waals surface area contributed by atoms with Gasteiger partial charge in [-0.15, -0.1) is 0 Å². The highest BCUT2D eigenvalue weighted by Crippen LogP contribution is 2.18. The van der Waals surface area contributed by atoms with Gasteiger partial charge in [0, 0.05) is 10.7 Å². The topological polar surface area (TPSA) is 22.1 Å². The first-order valence-electron chi connectivity index (χ1n) is 4.03. The normalized spacial score (nSPS) is 10.5. The van der Waals surface area contributed by atoms with E-state index < -0.39 is 5.82 Å². The average molecular weight is 248 g/mol. The van der Waals surface area contributed by atoms with E-state index in [1.807, 2.05) is 13.8 Å². The van der Waals surface area contributed by atoms with Crippen molar-refractivity contribution in [3.8, 4) is 5.88 Å². The molecule has 72 valence electrons. The number of halogens is 2. The molecule has 0 aromatic carbocycles. The minimum Gasteiger partial charge on any atom is -0.475 e. The fourth-order valence-corrected chi connectivity index (χ4v) is 1.06. The molecule has 0 spiro atoms. The van der Waals surface area contributed by atoms with Gasteiger partial charge in [0.15, 0.2) is 5.82 Å². The lowest BCUT2D eigenvalue weighted by molar-refractivity contribution is 0.249.